The van der Waals surface area contributed by atoms with Crippen molar-refractivity contribution in [3.05, 3.63) is 52.4 Å². The number of hydrogen-bond donors (Lipinski definition) is 2. The number of thioether (sulfide) groups is 1. The van der Waals surface area contributed by atoms with Crippen molar-refractivity contribution in [3.63, 3.8) is 0 Å². The molecule has 0 fully saturated rings. The number of benzene rings is 1. The van der Waals surface area contributed by atoms with Crippen LogP contribution in [-0.4, -0.2) is 48.1 Å². The number of aryl methyl sites for hydroxylation is 1. The van der Waals surface area contributed by atoms with E-state index >= 15 is 0 Å². The summed E-state index contributed by atoms with van der Waals surface area (Å²) in [6.07, 6.45) is 7.40. The molecule has 0 saturated heterocycles. The minimum Gasteiger partial charge on any atom is -0.342 e. The molecule has 3 heterocycles. The highest BCUT2D eigenvalue weighted by Gasteiger charge is 2.30. The number of tetrazole rings is 1. The van der Waals surface area contributed by atoms with Gasteiger partial charge in [0.15, 0.2) is 0 Å². The summed E-state index contributed by atoms with van der Waals surface area (Å²) in [5.41, 5.74) is 3.71. The lowest BCUT2D eigenvalue weighted by Crippen LogP contribution is -2.31. The zero-order valence-corrected chi connectivity index (χ0v) is 18.1. The summed E-state index contributed by atoms with van der Waals surface area (Å²) in [7, 11) is 0. The second kappa shape index (κ2) is 8.19. The Balaban J connectivity index is 1.49. The van der Waals surface area contributed by atoms with E-state index in [0.717, 1.165) is 58.9 Å². The van der Waals surface area contributed by atoms with Crippen LogP contribution < -0.4 is 5.32 Å². The first-order chi connectivity index (χ1) is 14.7. The quantitative estimate of drug-likeness (QED) is 0.458. The largest absolute Gasteiger partial charge is 0.342 e. The number of imidazole rings is 1. The van der Waals surface area contributed by atoms with Crippen LogP contribution in [0, 0.1) is 0 Å². The van der Waals surface area contributed by atoms with E-state index < -0.39 is 0 Å². The summed E-state index contributed by atoms with van der Waals surface area (Å²) < 4.78 is 1.59. The maximum Gasteiger partial charge on any atom is 0.255 e. The number of carbonyl (C=O) groups excluding carboxylic acids is 1. The maximum atomic E-state index is 13.5. The first kappa shape index (κ1) is 19.3. The lowest BCUT2D eigenvalue weighted by atomic mass is 10.1. The van der Waals surface area contributed by atoms with Gasteiger partial charge in [0.25, 0.3) is 5.91 Å². The molecular formula is C20H21N7OS2. The SMILES string of the molecule is CSCCC(NC(=O)c1c(-n2cnnn2)sc2c1CCC2)c1nc2ccccc2[nH]1. The topological polar surface area (TPSA) is 101 Å². The highest BCUT2D eigenvalue weighted by Crippen LogP contribution is 2.37. The summed E-state index contributed by atoms with van der Waals surface area (Å²) in [5, 5.41) is 15.5. The Morgan fingerprint density at radius 3 is 3.07 bits per heavy atom. The number of amides is 1. The maximum absolute atomic E-state index is 13.5. The summed E-state index contributed by atoms with van der Waals surface area (Å²) >= 11 is 3.37. The van der Waals surface area contributed by atoms with E-state index in [2.05, 4.69) is 32.1 Å². The van der Waals surface area contributed by atoms with Crippen LogP contribution in [0.5, 0.6) is 0 Å². The van der Waals surface area contributed by atoms with Gasteiger partial charge in [-0.2, -0.15) is 16.4 Å². The third kappa shape index (κ3) is 3.50. The number of carbonyl (C=O) groups is 1. The van der Waals surface area contributed by atoms with Crippen molar-refractivity contribution in [1.82, 2.24) is 35.5 Å². The summed E-state index contributed by atoms with van der Waals surface area (Å²) in [6, 6.07) is 7.73. The van der Waals surface area contributed by atoms with Gasteiger partial charge in [-0.1, -0.05) is 12.1 Å². The fourth-order valence-electron chi connectivity index (χ4n) is 3.92. The number of H-pyrrole nitrogens is 1. The molecule has 30 heavy (non-hydrogen) atoms. The molecule has 0 bridgehead atoms. The fourth-order valence-corrected chi connectivity index (χ4v) is 5.69. The number of fused-ring (bicyclic) bond motifs is 2. The molecule has 1 aliphatic rings. The molecule has 10 heteroatoms. The van der Waals surface area contributed by atoms with E-state index in [9.17, 15) is 4.79 Å². The Labute approximate surface area is 181 Å². The standard InChI is InChI=1S/C20H21N7OS2/c1-29-10-9-15(18-22-13-6-2-3-7-14(13)23-18)24-19(28)17-12-5-4-8-16(12)30-20(17)27-11-21-25-26-27/h2-3,6-7,11,15H,4-5,8-10H2,1H3,(H,22,23)(H,24,28). The average Bonchev–Trinajstić information content (AvgIpc) is 3.52. The molecule has 154 valence electrons. The molecule has 1 aliphatic carbocycles. The van der Waals surface area contributed by atoms with Crippen molar-refractivity contribution < 1.29 is 4.79 Å². The van der Waals surface area contributed by atoms with Crippen molar-refractivity contribution in [2.45, 2.75) is 31.7 Å². The Hall–Kier alpha value is -2.72. The molecule has 4 aromatic rings. The third-order valence-electron chi connectivity index (χ3n) is 5.34. The zero-order valence-electron chi connectivity index (χ0n) is 16.5. The second-order valence-corrected chi connectivity index (χ2v) is 9.31. The van der Waals surface area contributed by atoms with Gasteiger partial charge in [0.2, 0.25) is 0 Å². The Bertz CT molecular complexity index is 1150. The minimum atomic E-state index is -0.198. The van der Waals surface area contributed by atoms with Crippen LogP contribution in [0.3, 0.4) is 0 Å². The van der Waals surface area contributed by atoms with Crippen LogP contribution in [0.4, 0.5) is 0 Å². The highest BCUT2D eigenvalue weighted by molar-refractivity contribution is 7.98. The van der Waals surface area contributed by atoms with E-state index in [4.69, 9.17) is 4.98 Å². The first-order valence-corrected chi connectivity index (χ1v) is 12.1. The van der Waals surface area contributed by atoms with Gasteiger partial charge in [0, 0.05) is 4.88 Å². The van der Waals surface area contributed by atoms with E-state index in [1.165, 1.54) is 4.88 Å². The van der Waals surface area contributed by atoms with E-state index in [1.807, 2.05) is 24.3 Å². The summed E-state index contributed by atoms with van der Waals surface area (Å²) in [6.45, 7) is 0. The Kier molecular flexibility index (Phi) is 5.26. The summed E-state index contributed by atoms with van der Waals surface area (Å²) in [5.74, 6) is 1.62. The van der Waals surface area contributed by atoms with Gasteiger partial charge in [0.1, 0.15) is 17.2 Å². The number of rotatable bonds is 7. The van der Waals surface area contributed by atoms with E-state index in [1.54, 1.807) is 34.1 Å². The fraction of sp³-hybridized carbons (Fsp3) is 0.350. The normalized spacial score (nSPS) is 14.2. The molecule has 3 aromatic heterocycles. The van der Waals surface area contributed by atoms with Crippen molar-refractivity contribution in [1.29, 1.82) is 0 Å². The molecule has 2 N–H and O–H groups in total. The van der Waals surface area contributed by atoms with Gasteiger partial charge in [-0.3, -0.25) is 4.79 Å². The predicted molar refractivity (Wildman–Crippen MR) is 118 cm³/mol. The van der Waals surface area contributed by atoms with E-state index in [0.29, 0.717) is 5.56 Å². The molecule has 1 amide bonds. The highest BCUT2D eigenvalue weighted by atomic mass is 32.2. The zero-order chi connectivity index (χ0) is 20.5. The number of thiophene rings is 1. The van der Waals surface area contributed by atoms with Crippen molar-refractivity contribution >= 4 is 40.0 Å². The van der Waals surface area contributed by atoms with Gasteiger partial charge in [-0.15, -0.1) is 16.4 Å². The number of nitrogens with one attached hydrogen (secondary N) is 2. The van der Waals surface area contributed by atoms with Crippen molar-refractivity contribution in [3.8, 4) is 5.00 Å². The molecule has 1 aromatic carbocycles. The van der Waals surface area contributed by atoms with Gasteiger partial charge in [0.05, 0.1) is 22.6 Å². The van der Waals surface area contributed by atoms with Crippen LogP contribution in [-0.2, 0) is 12.8 Å². The molecule has 0 saturated carbocycles. The minimum absolute atomic E-state index is 0.0912. The average molecular weight is 440 g/mol. The van der Waals surface area contributed by atoms with Crippen LogP contribution in [0.2, 0.25) is 0 Å². The first-order valence-electron chi connectivity index (χ1n) is 9.87. The molecule has 5 rings (SSSR count). The smallest absolute Gasteiger partial charge is 0.255 e. The number of para-hydroxylation sites is 2. The number of aromatic amines is 1. The Morgan fingerprint density at radius 2 is 2.27 bits per heavy atom. The molecule has 1 unspecified atom stereocenters. The van der Waals surface area contributed by atoms with Gasteiger partial charge >= 0.3 is 0 Å². The summed E-state index contributed by atoms with van der Waals surface area (Å²) in [4.78, 5) is 22.9. The Morgan fingerprint density at radius 1 is 1.37 bits per heavy atom. The van der Waals surface area contributed by atoms with Crippen LogP contribution >= 0.6 is 23.1 Å². The van der Waals surface area contributed by atoms with Gasteiger partial charge in [-0.25, -0.2) is 4.98 Å². The van der Waals surface area contributed by atoms with E-state index in [-0.39, 0.29) is 11.9 Å². The number of hydrogen-bond acceptors (Lipinski definition) is 7. The molecular weight excluding hydrogens is 418 g/mol. The number of aromatic nitrogens is 6. The lowest BCUT2D eigenvalue weighted by Gasteiger charge is -2.17. The molecule has 0 radical (unpaired) electrons. The second-order valence-electron chi connectivity index (χ2n) is 7.24. The van der Waals surface area contributed by atoms with Gasteiger partial charge in [-0.05, 0) is 65.8 Å². The predicted octanol–water partition coefficient (Wildman–Crippen LogP) is 3.31. The van der Waals surface area contributed by atoms with Gasteiger partial charge < -0.3 is 10.3 Å². The van der Waals surface area contributed by atoms with Crippen LogP contribution in [0.1, 0.15) is 45.5 Å². The molecule has 8 nitrogen and oxygen atoms in total. The van der Waals surface area contributed by atoms with Crippen LogP contribution in [0.15, 0.2) is 30.6 Å². The molecule has 1 atom stereocenters. The van der Waals surface area contributed by atoms with Crippen molar-refractivity contribution in [2.75, 3.05) is 12.0 Å². The molecule has 0 spiro atoms. The number of nitrogens with zero attached hydrogens (tertiary/aromatic N) is 5. The molecule has 0 aliphatic heterocycles. The van der Waals surface area contributed by atoms with Crippen LogP contribution in [0.25, 0.3) is 16.0 Å². The monoisotopic (exact) mass is 439 g/mol. The van der Waals surface area contributed by atoms with Crippen molar-refractivity contribution in [2.24, 2.45) is 0 Å². The third-order valence-corrected chi connectivity index (χ3v) is 7.27. The lowest BCUT2D eigenvalue weighted by molar-refractivity contribution is 0.0933.